The van der Waals surface area contributed by atoms with Crippen LogP contribution < -0.4 is 10.5 Å². The van der Waals surface area contributed by atoms with Gasteiger partial charge in [-0.25, -0.2) is 4.39 Å². The number of benzene rings is 1. The van der Waals surface area contributed by atoms with Crippen LogP contribution in [0.3, 0.4) is 0 Å². The fourth-order valence-corrected chi connectivity index (χ4v) is 2.45. The number of carbonyl (C=O) groups is 1. The number of halogens is 1. The van der Waals surface area contributed by atoms with E-state index in [9.17, 15) is 9.18 Å². The van der Waals surface area contributed by atoms with E-state index in [0.717, 1.165) is 25.9 Å². The monoisotopic (exact) mass is 280 g/mol. The van der Waals surface area contributed by atoms with Gasteiger partial charge in [0.05, 0.1) is 0 Å². The number of amides is 1. The van der Waals surface area contributed by atoms with Gasteiger partial charge >= 0.3 is 0 Å². The Morgan fingerprint density at radius 3 is 2.80 bits per heavy atom. The van der Waals surface area contributed by atoms with Crippen LogP contribution in [-0.4, -0.2) is 36.5 Å². The lowest BCUT2D eigenvalue weighted by molar-refractivity contribution is -0.136. The first-order chi connectivity index (χ1) is 9.61. The van der Waals surface area contributed by atoms with Crippen LogP contribution in [-0.2, 0) is 11.2 Å². The smallest absolute Gasteiger partial charge is 0.263 e. The SMILES string of the molecule is CC(Oc1ccc(F)cc1CCN)C(=O)N1CCCC1. The second-order valence-corrected chi connectivity index (χ2v) is 5.08. The third-order valence-electron chi connectivity index (χ3n) is 3.51. The zero-order valence-electron chi connectivity index (χ0n) is 11.8. The molecule has 4 nitrogen and oxygen atoms in total. The normalized spacial score (nSPS) is 16.2. The van der Waals surface area contributed by atoms with Crippen LogP contribution in [0.15, 0.2) is 18.2 Å². The number of rotatable bonds is 5. The van der Waals surface area contributed by atoms with Gasteiger partial charge in [-0.15, -0.1) is 0 Å². The molecule has 1 amide bonds. The van der Waals surface area contributed by atoms with Crippen molar-refractivity contribution in [2.45, 2.75) is 32.3 Å². The minimum atomic E-state index is -0.560. The molecule has 2 N–H and O–H groups in total. The molecule has 1 aromatic rings. The summed E-state index contributed by atoms with van der Waals surface area (Å²) >= 11 is 0. The number of nitrogens with two attached hydrogens (primary N) is 1. The van der Waals surface area contributed by atoms with Crippen molar-refractivity contribution in [3.05, 3.63) is 29.6 Å². The maximum absolute atomic E-state index is 13.2. The second-order valence-electron chi connectivity index (χ2n) is 5.08. The summed E-state index contributed by atoms with van der Waals surface area (Å²) in [6.07, 6.45) is 2.06. The van der Waals surface area contributed by atoms with Crippen molar-refractivity contribution in [2.75, 3.05) is 19.6 Å². The van der Waals surface area contributed by atoms with E-state index in [1.54, 1.807) is 13.0 Å². The Morgan fingerprint density at radius 2 is 2.15 bits per heavy atom. The van der Waals surface area contributed by atoms with Crippen molar-refractivity contribution in [1.82, 2.24) is 4.90 Å². The topological polar surface area (TPSA) is 55.6 Å². The molecule has 1 aliphatic heterocycles. The number of ether oxygens (including phenoxy) is 1. The van der Waals surface area contributed by atoms with Gasteiger partial charge in [0.15, 0.2) is 6.10 Å². The van der Waals surface area contributed by atoms with Crippen LogP contribution in [0.25, 0.3) is 0 Å². The predicted molar refractivity (Wildman–Crippen MR) is 75.1 cm³/mol. The fourth-order valence-electron chi connectivity index (χ4n) is 2.45. The molecule has 1 aliphatic rings. The standard InChI is InChI=1S/C15H21FN2O2/c1-11(15(19)18-8-2-3-9-18)20-14-5-4-13(16)10-12(14)6-7-17/h4-5,10-11H,2-3,6-9,17H2,1H3. The summed E-state index contributed by atoms with van der Waals surface area (Å²) < 4.78 is 19.0. The van der Waals surface area contributed by atoms with Crippen LogP contribution in [0.1, 0.15) is 25.3 Å². The number of carbonyl (C=O) groups excluding carboxylic acids is 1. The highest BCUT2D eigenvalue weighted by Gasteiger charge is 2.25. The molecule has 20 heavy (non-hydrogen) atoms. The zero-order chi connectivity index (χ0) is 14.5. The van der Waals surface area contributed by atoms with E-state index in [0.29, 0.717) is 24.3 Å². The Kier molecular flexibility index (Phi) is 4.95. The molecule has 0 aliphatic carbocycles. The van der Waals surface area contributed by atoms with Crippen molar-refractivity contribution in [1.29, 1.82) is 0 Å². The van der Waals surface area contributed by atoms with Gasteiger partial charge in [0.2, 0.25) is 0 Å². The number of hydrogen-bond acceptors (Lipinski definition) is 3. The van der Waals surface area contributed by atoms with Crippen LogP contribution in [0.4, 0.5) is 4.39 Å². The minimum absolute atomic E-state index is 0.00877. The first-order valence-corrected chi connectivity index (χ1v) is 7.05. The minimum Gasteiger partial charge on any atom is -0.481 e. The van der Waals surface area contributed by atoms with Crippen LogP contribution >= 0.6 is 0 Å². The summed E-state index contributed by atoms with van der Waals surface area (Å²) in [6, 6.07) is 4.31. The van der Waals surface area contributed by atoms with Gasteiger partial charge in [-0.1, -0.05) is 0 Å². The van der Waals surface area contributed by atoms with Gasteiger partial charge in [0.1, 0.15) is 11.6 Å². The van der Waals surface area contributed by atoms with Crippen LogP contribution in [0, 0.1) is 5.82 Å². The van der Waals surface area contributed by atoms with Crippen molar-refractivity contribution >= 4 is 5.91 Å². The molecular formula is C15H21FN2O2. The Labute approximate surface area is 118 Å². The van der Waals surface area contributed by atoms with Gasteiger partial charge in [0, 0.05) is 13.1 Å². The number of hydrogen-bond donors (Lipinski definition) is 1. The summed E-state index contributed by atoms with van der Waals surface area (Å²) in [5.41, 5.74) is 6.22. The molecular weight excluding hydrogens is 259 g/mol. The maximum Gasteiger partial charge on any atom is 0.263 e. The van der Waals surface area contributed by atoms with E-state index >= 15 is 0 Å². The highest BCUT2D eigenvalue weighted by molar-refractivity contribution is 5.81. The molecule has 1 heterocycles. The first kappa shape index (κ1) is 14.8. The number of nitrogens with zero attached hydrogens (tertiary/aromatic N) is 1. The molecule has 0 saturated carbocycles. The summed E-state index contributed by atoms with van der Waals surface area (Å²) in [7, 11) is 0. The summed E-state index contributed by atoms with van der Waals surface area (Å²) in [4.78, 5) is 14.0. The number of likely N-dealkylation sites (tertiary alicyclic amines) is 1. The quantitative estimate of drug-likeness (QED) is 0.893. The third kappa shape index (κ3) is 3.48. The Hall–Kier alpha value is -1.62. The molecule has 0 aromatic heterocycles. The van der Waals surface area contributed by atoms with E-state index in [1.165, 1.54) is 12.1 Å². The molecule has 1 unspecified atom stereocenters. The Morgan fingerprint density at radius 1 is 1.45 bits per heavy atom. The van der Waals surface area contributed by atoms with Crippen molar-refractivity contribution in [2.24, 2.45) is 5.73 Å². The van der Waals surface area contributed by atoms with Crippen LogP contribution in [0.2, 0.25) is 0 Å². The third-order valence-corrected chi connectivity index (χ3v) is 3.51. The van der Waals surface area contributed by atoms with Gasteiger partial charge in [-0.3, -0.25) is 4.79 Å². The molecule has 110 valence electrons. The van der Waals surface area contributed by atoms with Crippen molar-refractivity contribution in [3.63, 3.8) is 0 Å². The second kappa shape index (κ2) is 6.70. The predicted octanol–water partition coefficient (Wildman–Crippen LogP) is 1.72. The van der Waals surface area contributed by atoms with Gasteiger partial charge < -0.3 is 15.4 Å². The van der Waals surface area contributed by atoms with Gasteiger partial charge in [-0.2, -0.15) is 0 Å². The van der Waals surface area contributed by atoms with E-state index in [-0.39, 0.29) is 11.7 Å². The molecule has 1 fully saturated rings. The molecule has 0 spiro atoms. The summed E-state index contributed by atoms with van der Waals surface area (Å²) in [5.74, 6) is 0.210. The van der Waals surface area contributed by atoms with Gasteiger partial charge in [-0.05, 0) is 56.5 Å². The first-order valence-electron chi connectivity index (χ1n) is 7.05. The molecule has 1 aromatic carbocycles. The molecule has 1 atom stereocenters. The van der Waals surface area contributed by atoms with Gasteiger partial charge in [0.25, 0.3) is 5.91 Å². The van der Waals surface area contributed by atoms with E-state index in [4.69, 9.17) is 10.5 Å². The molecule has 5 heteroatoms. The average molecular weight is 280 g/mol. The van der Waals surface area contributed by atoms with Crippen molar-refractivity contribution < 1.29 is 13.9 Å². The molecule has 1 saturated heterocycles. The van der Waals surface area contributed by atoms with Crippen LogP contribution in [0.5, 0.6) is 5.75 Å². The van der Waals surface area contributed by atoms with E-state index in [2.05, 4.69) is 0 Å². The lowest BCUT2D eigenvalue weighted by atomic mass is 10.1. The molecule has 0 radical (unpaired) electrons. The maximum atomic E-state index is 13.2. The Bertz CT molecular complexity index is 473. The fraction of sp³-hybridized carbons (Fsp3) is 0.533. The largest absolute Gasteiger partial charge is 0.481 e. The van der Waals surface area contributed by atoms with E-state index < -0.39 is 6.10 Å². The lowest BCUT2D eigenvalue weighted by Crippen LogP contribution is -2.38. The highest BCUT2D eigenvalue weighted by atomic mass is 19.1. The zero-order valence-corrected chi connectivity index (χ0v) is 11.8. The Balaban J connectivity index is 2.06. The average Bonchev–Trinajstić information content (AvgIpc) is 2.95. The molecule has 2 rings (SSSR count). The highest BCUT2D eigenvalue weighted by Crippen LogP contribution is 2.22. The van der Waals surface area contributed by atoms with E-state index in [1.807, 2.05) is 4.90 Å². The summed E-state index contributed by atoms with van der Waals surface area (Å²) in [6.45, 7) is 3.74. The lowest BCUT2D eigenvalue weighted by Gasteiger charge is -2.22. The molecule has 0 bridgehead atoms. The van der Waals surface area contributed by atoms with Crippen molar-refractivity contribution in [3.8, 4) is 5.75 Å². The summed E-state index contributed by atoms with van der Waals surface area (Å²) in [5, 5.41) is 0.